The zero-order valence-corrected chi connectivity index (χ0v) is 21.6. The van der Waals surface area contributed by atoms with Crippen molar-refractivity contribution in [3.05, 3.63) is 23.8 Å². The molecule has 6 atom stereocenters. The van der Waals surface area contributed by atoms with E-state index in [4.69, 9.17) is 0 Å². The molecule has 0 N–H and O–H groups in total. The third-order valence-corrected chi connectivity index (χ3v) is 9.54. The normalized spacial score (nSPS) is 41.4. The van der Waals surface area contributed by atoms with Crippen molar-refractivity contribution in [2.75, 3.05) is 6.54 Å². The van der Waals surface area contributed by atoms with Gasteiger partial charge < -0.3 is 0 Å². The van der Waals surface area contributed by atoms with E-state index in [0.29, 0.717) is 11.3 Å². The van der Waals surface area contributed by atoms with Gasteiger partial charge in [0, 0.05) is 17.6 Å². The van der Waals surface area contributed by atoms with Crippen molar-refractivity contribution >= 4 is 0 Å². The third-order valence-electron chi connectivity index (χ3n) is 9.54. The number of hydrogen-bond acceptors (Lipinski definition) is 1. The van der Waals surface area contributed by atoms with Crippen molar-refractivity contribution < 1.29 is 0 Å². The lowest BCUT2D eigenvalue weighted by Crippen LogP contribution is -2.59. The molecule has 2 aliphatic carbocycles. The van der Waals surface area contributed by atoms with Crippen LogP contribution < -0.4 is 0 Å². The Bertz CT molecular complexity index is 643. The molecule has 1 spiro atoms. The van der Waals surface area contributed by atoms with E-state index in [0.717, 1.165) is 17.8 Å². The minimum Gasteiger partial charge on any atom is -0.288 e. The van der Waals surface area contributed by atoms with Gasteiger partial charge in [-0.2, -0.15) is 0 Å². The summed E-state index contributed by atoms with van der Waals surface area (Å²) in [5.74, 6) is 3.31. The van der Waals surface area contributed by atoms with E-state index in [2.05, 4.69) is 78.5 Å². The highest BCUT2D eigenvalue weighted by atomic mass is 15.3. The van der Waals surface area contributed by atoms with Crippen LogP contribution in [0.25, 0.3) is 0 Å². The molecule has 30 heavy (non-hydrogen) atoms. The number of allylic oxidation sites excluding steroid dienone is 2. The SMILES string of the molecule is CCCC1=CC=CC(CCC)C1(C)N1C[C@]2(C[C@H](C)[C@H](C)C[C@H]2CCC)CC1(C)C. The van der Waals surface area contributed by atoms with Crippen molar-refractivity contribution in [1.82, 2.24) is 4.90 Å². The summed E-state index contributed by atoms with van der Waals surface area (Å²) < 4.78 is 0. The summed E-state index contributed by atoms with van der Waals surface area (Å²) in [5.41, 5.74) is 2.66. The molecule has 0 amide bonds. The molecule has 0 aromatic carbocycles. The second-order valence-electron chi connectivity index (χ2n) is 12.2. The second-order valence-corrected chi connectivity index (χ2v) is 12.2. The number of rotatable bonds is 7. The summed E-state index contributed by atoms with van der Waals surface area (Å²) in [4.78, 5) is 3.02. The van der Waals surface area contributed by atoms with Gasteiger partial charge in [-0.25, -0.2) is 0 Å². The first-order chi connectivity index (χ1) is 14.1. The molecule has 1 nitrogen and oxygen atoms in total. The fourth-order valence-corrected chi connectivity index (χ4v) is 8.03. The van der Waals surface area contributed by atoms with Gasteiger partial charge in [0.05, 0.1) is 0 Å². The lowest BCUT2D eigenvalue weighted by Gasteiger charge is -2.53. The van der Waals surface area contributed by atoms with E-state index >= 15 is 0 Å². The largest absolute Gasteiger partial charge is 0.288 e. The van der Waals surface area contributed by atoms with Gasteiger partial charge in [-0.1, -0.05) is 78.5 Å². The Morgan fingerprint density at radius 1 is 0.967 bits per heavy atom. The molecule has 0 aromatic rings. The average molecular weight is 414 g/mol. The van der Waals surface area contributed by atoms with Gasteiger partial charge in [-0.15, -0.1) is 0 Å². The topological polar surface area (TPSA) is 3.24 Å². The number of nitrogens with zero attached hydrogens (tertiary/aromatic N) is 1. The van der Waals surface area contributed by atoms with Crippen LogP contribution in [0.1, 0.15) is 113 Å². The van der Waals surface area contributed by atoms with Crippen molar-refractivity contribution in [3.8, 4) is 0 Å². The molecule has 3 aliphatic rings. The first kappa shape index (κ1) is 24.1. The van der Waals surface area contributed by atoms with Crippen molar-refractivity contribution in [3.63, 3.8) is 0 Å². The summed E-state index contributed by atoms with van der Waals surface area (Å²) in [6, 6.07) is 0. The minimum absolute atomic E-state index is 0.177. The highest BCUT2D eigenvalue weighted by Gasteiger charge is 2.59. The van der Waals surface area contributed by atoms with Crippen LogP contribution in [-0.2, 0) is 0 Å². The van der Waals surface area contributed by atoms with Gasteiger partial charge >= 0.3 is 0 Å². The molecule has 3 rings (SSSR count). The van der Waals surface area contributed by atoms with Crippen LogP contribution in [0.4, 0.5) is 0 Å². The molecular weight excluding hydrogens is 362 g/mol. The summed E-state index contributed by atoms with van der Waals surface area (Å²) in [6.45, 7) is 21.3. The van der Waals surface area contributed by atoms with Gasteiger partial charge in [0.15, 0.2) is 0 Å². The van der Waals surface area contributed by atoms with Crippen LogP contribution in [0.2, 0.25) is 0 Å². The van der Waals surface area contributed by atoms with Crippen LogP contribution in [0.15, 0.2) is 23.8 Å². The molecule has 0 aromatic heterocycles. The Labute approximate surface area is 188 Å². The standard InChI is InChI=1S/C29H51N/c1-9-13-24-16-12-17-25(14-10-2)28(24,8)30-21-29(20-27(30,6)7)19-23(5)22(4)18-26(29)15-11-3/h12,16-17,22-24,26H,9-11,13-15,18-21H2,1-8H3/t22-,23+,24?,26-,28?,29+/m1/s1. The second kappa shape index (κ2) is 9.13. The molecular formula is C29H51N. The maximum Gasteiger partial charge on any atom is 0.0463 e. The molecule has 0 radical (unpaired) electrons. The molecule has 1 heteroatoms. The summed E-state index contributed by atoms with van der Waals surface area (Å²) in [5, 5.41) is 0. The van der Waals surface area contributed by atoms with Gasteiger partial charge in [-0.3, -0.25) is 4.90 Å². The quantitative estimate of drug-likeness (QED) is 0.405. The number of likely N-dealkylation sites (tertiary alicyclic amines) is 1. The monoisotopic (exact) mass is 413 g/mol. The molecule has 1 saturated heterocycles. The van der Waals surface area contributed by atoms with Crippen molar-refractivity contribution in [2.24, 2.45) is 29.1 Å². The van der Waals surface area contributed by atoms with E-state index in [1.54, 1.807) is 5.57 Å². The molecule has 0 bridgehead atoms. The fraction of sp³-hybridized carbons (Fsp3) is 0.862. The fourth-order valence-electron chi connectivity index (χ4n) is 8.03. The predicted molar refractivity (Wildman–Crippen MR) is 133 cm³/mol. The summed E-state index contributed by atoms with van der Waals surface area (Å²) in [6.07, 6.45) is 19.5. The van der Waals surface area contributed by atoms with Crippen LogP contribution in [-0.4, -0.2) is 22.5 Å². The Morgan fingerprint density at radius 3 is 2.30 bits per heavy atom. The zero-order valence-electron chi connectivity index (χ0n) is 21.6. The Kier molecular flexibility index (Phi) is 7.33. The highest BCUT2D eigenvalue weighted by Crippen LogP contribution is 2.60. The van der Waals surface area contributed by atoms with E-state index < -0.39 is 0 Å². The molecule has 2 fully saturated rings. The Morgan fingerprint density at radius 2 is 1.67 bits per heavy atom. The average Bonchev–Trinajstić information content (AvgIpc) is 2.95. The maximum atomic E-state index is 3.02. The summed E-state index contributed by atoms with van der Waals surface area (Å²) >= 11 is 0. The summed E-state index contributed by atoms with van der Waals surface area (Å²) in [7, 11) is 0. The Hall–Kier alpha value is -0.560. The van der Waals surface area contributed by atoms with Crippen LogP contribution in [0.5, 0.6) is 0 Å². The smallest absolute Gasteiger partial charge is 0.0463 e. The van der Waals surface area contributed by atoms with Gasteiger partial charge in [0.1, 0.15) is 0 Å². The van der Waals surface area contributed by atoms with Gasteiger partial charge in [0.2, 0.25) is 0 Å². The number of hydrogen-bond donors (Lipinski definition) is 0. The highest BCUT2D eigenvalue weighted by molar-refractivity contribution is 5.34. The lowest BCUT2D eigenvalue weighted by molar-refractivity contribution is 0.00553. The van der Waals surface area contributed by atoms with Crippen molar-refractivity contribution in [2.45, 2.75) is 124 Å². The van der Waals surface area contributed by atoms with Crippen molar-refractivity contribution in [1.29, 1.82) is 0 Å². The van der Waals surface area contributed by atoms with E-state index in [9.17, 15) is 0 Å². The van der Waals surface area contributed by atoms with E-state index in [-0.39, 0.29) is 11.1 Å². The third kappa shape index (κ3) is 4.10. The molecule has 2 unspecified atom stereocenters. The van der Waals surface area contributed by atoms with Gasteiger partial charge in [-0.05, 0) is 87.5 Å². The van der Waals surface area contributed by atoms with Gasteiger partial charge in [0.25, 0.3) is 0 Å². The lowest BCUT2D eigenvalue weighted by atomic mass is 9.57. The first-order valence-electron chi connectivity index (χ1n) is 13.3. The van der Waals surface area contributed by atoms with Crippen LogP contribution in [0.3, 0.4) is 0 Å². The Balaban J connectivity index is 2.02. The molecule has 1 aliphatic heterocycles. The molecule has 172 valence electrons. The van der Waals surface area contributed by atoms with Crippen LogP contribution >= 0.6 is 0 Å². The van der Waals surface area contributed by atoms with E-state index in [1.807, 2.05) is 0 Å². The predicted octanol–water partition coefficient (Wildman–Crippen LogP) is 8.41. The zero-order chi connectivity index (χ0) is 22.2. The maximum absolute atomic E-state index is 3.02. The van der Waals surface area contributed by atoms with Crippen LogP contribution in [0, 0.1) is 29.1 Å². The first-order valence-corrected chi connectivity index (χ1v) is 13.3. The molecule has 1 saturated carbocycles. The van der Waals surface area contributed by atoms with E-state index in [1.165, 1.54) is 64.3 Å². The molecule has 1 heterocycles. The minimum atomic E-state index is 0.177.